The Morgan fingerprint density at radius 3 is 1.67 bits per heavy atom. The smallest absolute Gasteiger partial charge is 0 e. The zero-order chi connectivity index (χ0) is 3.58. The molecule has 0 aliphatic heterocycles. The number of hydrogen-bond donors (Lipinski definition) is 0. The molecule has 0 spiro atoms. The van der Waals surface area contributed by atoms with E-state index in [2.05, 4.69) is 12.1 Å². The van der Waals surface area contributed by atoms with E-state index in [9.17, 15) is 0 Å². The molecule has 0 aromatic heterocycles. The summed E-state index contributed by atoms with van der Waals surface area (Å²) in [5.41, 5.74) is 2.37. The van der Waals surface area contributed by atoms with Crippen molar-refractivity contribution in [2.24, 2.45) is 0 Å². The van der Waals surface area contributed by atoms with E-state index in [4.69, 9.17) is 0 Å². The molecule has 0 atom stereocenters. The Morgan fingerprint density at radius 1 is 1.67 bits per heavy atom. The first kappa shape index (κ1) is 15.7. The van der Waals surface area contributed by atoms with Crippen molar-refractivity contribution in [1.29, 1.82) is 0 Å². The summed E-state index contributed by atoms with van der Waals surface area (Å²) >= 11 is -0.0486. The normalized spacial score (nSPS) is 6.33. The second-order valence-electron chi connectivity index (χ2n) is 1.34. The van der Waals surface area contributed by atoms with Gasteiger partial charge in [-0.25, -0.2) is 0 Å². The molecule has 0 heterocycles. The third-order valence-corrected chi connectivity index (χ3v) is 0. The summed E-state index contributed by atoms with van der Waals surface area (Å²) in [5, 5.41) is 0. The van der Waals surface area contributed by atoms with Gasteiger partial charge in [-0.1, -0.05) is 0 Å². The molecular formula is CH8BCuFeSiV. The maximum atomic E-state index is 2.37. The molecule has 0 N–H and O–H groups in total. The van der Waals surface area contributed by atoms with Crippen LogP contribution in [-0.4, -0.2) is 15.1 Å². The largest absolute Gasteiger partial charge is 0 e. The van der Waals surface area contributed by atoms with Gasteiger partial charge in [0, 0.05) is 34.1 Å². The van der Waals surface area contributed by atoms with Crippen molar-refractivity contribution in [3.05, 3.63) is 0 Å². The molecular weight excluding hydrogens is 221 g/mol. The summed E-state index contributed by atoms with van der Waals surface area (Å²) in [6, 6.07) is 0. The van der Waals surface area contributed by atoms with Gasteiger partial charge in [-0.3, -0.25) is 0 Å². The zero-order valence-corrected chi connectivity index (χ0v) is 9.54. The van der Waals surface area contributed by atoms with E-state index < -0.39 is 0 Å². The zero-order valence-electron chi connectivity index (χ0n) is 4.10. The fourth-order valence-corrected chi connectivity index (χ4v) is 0. The van der Waals surface area contributed by atoms with Crippen molar-refractivity contribution in [1.82, 2.24) is 0 Å². The number of rotatable bonds is 0. The summed E-state index contributed by atoms with van der Waals surface area (Å²) in [6.45, 7) is 2.37. The average molecular weight is 229 g/mol. The minimum Gasteiger partial charge on any atom is 0 e. The van der Waals surface area contributed by atoms with Gasteiger partial charge in [0.25, 0.3) is 0 Å². The summed E-state index contributed by atoms with van der Waals surface area (Å²) in [4.78, 5) is 0. The van der Waals surface area contributed by atoms with E-state index in [0.717, 1.165) is 0 Å². The second-order valence-corrected chi connectivity index (χ2v) is 12.9. The fraction of sp³-hybridized carbons (Fsp3) is 1.00. The van der Waals surface area contributed by atoms with Gasteiger partial charge in [0.1, 0.15) is 0 Å². The van der Waals surface area contributed by atoms with Crippen molar-refractivity contribution < 1.29 is 48.4 Å². The van der Waals surface area contributed by atoms with Crippen LogP contribution in [0.15, 0.2) is 0 Å². The van der Waals surface area contributed by atoms with Crippen LogP contribution in [0.5, 0.6) is 0 Å². The maximum Gasteiger partial charge on any atom is 0 e. The predicted molar refractivity (Wildman–Crippen MR) is 24.3 cm³/mol. The quantitative estimate of drug-likeness (QED) is 0.442. The van der Waals surface area contributed by atoms with Crippen molar-refractivity contribution in [2.75, 3.05) is 0 Å². The van der Waals surface area contributed by atoms with Gasteiger partial charge in [-0.05, 0) is 0 Å². The van der Waals surface area contributed by atoms with Gasteiger partial charge >= 0.3 is 35.0 Å². The first-order chi connectivity index (χ1) is 1.73. The van der Waals surface area contributed by atoms with E-state index in [1.165, 1.54) is 8.62 Å². The SMILES string of the molecule is [BH2][V]([CH3])[SiH3].[Cu].[Fe]. The van der Waals surface area contributed by atoms with Crippen LogP contribution in [0.2, 0.25) is 5.64 Å². The molecule has 0 aromatic carbocycles. The predicted octanol–water partition coefficient (Wildman–Crippen LogP) is -1.52. The van der Waals surface area contributed by atoms with Gasteiger partial charge < -0.3 is 0 Å². The van der Waals surface area contributed by atoms with Crippen molar-refractivity contribution >= 4 is 15.1 Å². The van der Waals surface area contributed by atoms with E-state index >= 15 is 0 Å². The molecule has 0 saturated carbocycles. The summed E-state index contributed by atoms with van der Waals surface area (Å²) in [6.07, 6.45) is 0. The van der Waals surface area contributed by atoms with Gasteiger partial charge in [-0.15, -0.1) is 0 Å². The van der Waals surface area contributed by atoms with E-state index in [0.29, 0.717) is 0 Å². The third-order valence-electron chi connectivity index (χ3n) is 0. The van der Waals surface area contributed by atoms with E-state index in [-0.39, 0.29) is 48.4 Å². The Kier molecular flexibility index (Phi) is 26.1. The molecule has 0 rings (SSSR count). The summed E-state index contributed by atoms with van der Waals surface area (Å²) in [7, 11) is 1.49. The molecule has 0 unspecified atom stereocenters. The van der Waals surface area contributed by atoms with Gasteiger partial charge in [0.05, 0.1) is 0 Å². The topological polar surface area (TPSA) is 0 Å². The van der Waals surface area contributed by atoms with Crippen LogP contribution >= 0.6 is 0 Å². The van der Waals surface area contributed by atoms with Crippen molar-refractivity contribution in [2.45, 2.75) is 5.64 Å². The Bertz CT molecular complexity index is 20.3. The molecule has 0 aliphatic rings. The number of hydrogen-bond acceptors (Lipinski definition) is 0. The van der Waals surface area contributed by atoms with Crippen LogP contribution in [0, 0.1) is 0 Å². The van der Waals surface area contributed by atoms with Gasteiger partial charge in [-0.2, -0.15) is 0 Å². The van der Waals surface area contributed by atoms with Crippen molar-refractivity contribution in [3.63, 3.8) is 0 Å². The first-order valence-electron chi connectivity index (χ1n) is 1.34. The average Bonchev–Trinajstić information content (AvgIpc) is 0.811. The van der Waals surface area contributed by atoms with Crippen molar-refractivity contribution in [3.8, 4) is 0 Å². The minimum absolute atomic E-state index is 0. The monoisotopic (exact) mass is 229 g/mol. The molecule has 5 heteroatoms. The van der Waals surface area contributed by atoms with Crippen LogP contribution in [0.3, 0.4) is 0 Å². The molecule has 0 aromatic rings. The molecule has 0 fully saturated rings. The van der Waals surface area contributed by atoms with Crippen LogP contribution in [-0.2, 0) is 48.4 Å². The molecule has 0 bridgehead atoms. The third kappa shape index (κ3) is 39.1. The van der Waals surface area contributed by atoms with E-state index in [1.807, 2.05) is 0 Å². The molecule has 0 amide bonds. The molecule has 0 saturated heterocycles. The minimum atomic E-state index is -0.0486. The van der Waals surface area contributed by atoms with Crippen LogP contribution in [0.4, 0.5) is 0 Å². The molecule has 43 valence electrons. The Labute approximate surface area is 68.7 Å². The van der Waals surface area contributed by atoms with Gasteiger partial charge in [0.2, 0.25) is 0 Å². The Balaban J connectivity index is -0.0000000450. The Hall–Kier alpha value is 1.91. The summed E-state index contributed by atoms with van der Waals surface area (Å²) in [5.74, 6) is 0. The molecule has 6 heavy (non-hydrogen) atoms. The van der Waals surface area contributed by atoms with Crippen LogP contribution < -0.4 is 0 Å². The first-order valence-corrected chi connectivity index (χ1v) is 9.22. The van der Waals surface area contributed by atoms with Gasteiger partial charge in [0.15, 0.2) is 0 Å². The standard InChI is InChI=1S/CH3.BH2.Cu.Fe.H3Si.V/h1H3;1H2;;;1H3;/q;+1;;;;-1. The fourth-order valence-electron chi connectivity index (χ4n) is 0. The molecule has 0 aliphatic carbocycles. The van der Waals surface area contributed by atoms with E-state index in [1.54, 1.807) is 0 Å². The second kappa shape index (κ2) is 10.0. The maximum absolute atomic E-state index is 2.37. The molecule has 0 nitrogen and oxygen atoms in total. The molecule has 1 radical (unpaired) electrons. The van der Waals surface area contributed by atoms with Crippen LogP contribution in [0.25, 0.3) is 0 Å². The van der Waals surface area contributed by atoms with Crippen LogP contribution in [0.1, 0.15) is 0 Å². The summed E-state index contributed by atoms with van der Waals surface area (Å²) < 4.78 is 0. The Morgan fingerprint density at radius 2 is 1.67 bits per heavy atom.